The van der Waals surface area contributed by atoms with Crippen molar-refractivity contribution < 1.29 is 4.79 Å². The van der Waals surface area contributed by atoms with Gasteiger partial charge in [-0.25, -0.2) is 4.79 Å². The molecule has 2 amide bonds. The third-order valence-electron chi connectivity index (χ3n) is 4.33. The molecule has 0 aromatic heterocycles. The van der Waals surface area contributed by atoms with E-state index in [-0.39, 0.29) is 6.03 Å². The van der Waals surface area contributed by atoms with Crippen LogP contribution in [0.5, 0.6) is 0 Å². The molecule has 0 spiro atoms. The summed E-state index contributed by atoms with van der Waals surface area (Å²) in [6.07, 6.45) is 1.89. The van der Waals surface area contributed by atoms with E-state index in [2.05, 4.69) is 47.8 Å². The van der Waals surface area contributed by atoms with Gasteiger partial charge in [-0.3, -0.25) is 0 Å². The standard InChI is InChI=1S/C20H24N2OS/c23-20(21-13-11-17-7-3-1-4-8-17)22-14-12-19(24-16-15-22)18-9-5-2-6-10-18/h1-10,19H,11-16H2,(H,21,23). The minimum absolute atomic E-state index is 0.0697. The Labute approximate surface area is 148 Å². The number of hydrogen-bond acceptors (Lipinski definition) is 2. The fraction of sp³-hybridized carbons (Fsp3) is 0.350. The topological polar surface area (TPSA) is 32.3 Å². The molecule has 4 heteroatoms. The largest absolute Gasteiger partial charge is 0.338 e. The smallest absolute Gasteiger partial charge is 0.317 e. The highest BCUT2D eigenvalue weighted by atomic mass is 32.2. The summed E-state index contributed by atoms with van der Waals surface area (Å²) in [5, 5.41) is 3.55. The van der Waals surface area contributed by atoms with E-state index in [1.807, 2.05) is 34.9 Å². The predicted molar refractivity (Wildman–Crippen MR) is 101 cm³/mol. The Morgan fingerprint density at radius 1 is 1.04 bits per heavy atom. The normalized spacial score (nSPS) is 18.0. The van der Waals surface area contributed by atoms with Crippen molar-refractivity contribution in [1.29, 1.82) is 0 Å². The molecule has 1 aliphatic heterocycles. The van der Waals surface area contributed by atoms with Crippen LogP contribution >= 0.6 is 11.8 Å². The van der Waals surface area contributed by atoms with E-state index in [0.29, 0.717) is 11.8 Å². The van der Waals surface area contributed by atoms with Gasteiger partial charge >= 0.3 is 6.03 Å². The molecule has 0 saturated carbocycles. The summed E-state index contributed by atoms with van der Waals surface area (Å²) in [5.74, 6) is 0.992. The second-order valence-electron chi connectivity index (χ2n) is 6.01. The van der Waals surface area contributed by atoms with E-state index >= 15 is 0 Å². The molecule has 1 aliphatic rings. The van der Waals surface area contributed by atoms with Gasteiger partial charge in [0.15, 0.2) is 0 Å². The van der Waals surface area contributed by atoms with Gasteiger partial charge in [0.2, 0.25) is 0 Å². The summed E-state index contributed by atoms with van der Waals surface area (Å²) in [5.41, 5.74) is 2.63. The molecule has 126 valence electrons. The van der Waals surface area contributed by atoms with Crippen molar-refractivity contribution in [1.82, 2.24) is 10.2 Å². The van der Waals surface area contributed by atoms with E-state index in [1.165, 1.54) is 11.1 Å². The molecule has 1 saturated heterocycles. The van der Waals surface area contributed by atoms with Gasteiger partial charge in [0.05, 0.1) is 0 Å². The third kappa shape index (κ3) is 4.78. The van der Waals surface area contributed by atoms with Crippen LogP contribution in [0.2, 0.25) is 0 Å². The fourth-order valence-corrected chi connectivity index (χ4v) is 4.21. The Morgan fingerprint density at radius 3 is 2.50 bits per heavy atom. The summed E-state index contributed by atoms with van der Waals surface area (Å²) in [4.78, 5) is 14.3. The highest BCUT2D eigenvalue weighted by molar-refractivity contribution is 7.99. The van der Waals surface area contributed by atoms with Crippen molar-refractivity contribution in [3.63, 3.8) is 0 Å². The summed E-state index contributed by atoms with van der Waals surface area (Å²) in [6.45, 7) is 2.34. The highest BCUT2D eigenvalue weighted by Gasteiger charge is 2.21. The summed E-state index contributed by atoms with van der Waals surface area (Å²) >= 11 is 1.96. The molecule has 3 nitrogen and oxygen atoms in total. The number of rotatable bonds is 4. The molecular formula is C20H24N2OS. The van der Waals surface area contributed by atoms with Crippen molar-refractivity contribution in [2.75, 3.05) is 25.4 Å². The van der Waals surface area contributed by atoms with Crippen LogP contribution in [0, 0.1) is 0 Å². The molecule has 0 bridgehead atoms. The van der Waals surface area contributed by atoms with Crippen LogP contribution in [-0.4, -0.2) is 36.3 Å². The van der Waals surface area contributed by atoms with Crippen molar-refractivity contribution in [2.45, 2.75) is 18.1 Å². The van der Waals surface area contributed by atoms with E-state index in [1.54, 1.807) is 0 Å². The lowest BCUT2D eigenvalue weighted by atomic mass is 10.1. The van der Waals surface area contributed by atoms with Crippen LogP contribution < -0.4 is 5.32 Å². The maximum absolute atomic E-state index is 12.4. The fourth-order valence-electron chi connectivity index (χ4n) is 2.98. The molecule has 1 atom stereocenters. The van der Waals surface area contributed by atoms with Gasteiger partial charge in [-0.05, 0) is 24.0 Å². The zero-order chi connectivity index (χ0) is 16.6. The first kappa shape index (κ1) is 16.9. The molecule has 2 aromatic carbocycles. The maximum Gasteiger partial charge on any atom is 0.317 e. The number of amides is 2. The Hall–Kier alpha value is -1.94. The first-order valence-corrected chi connectivity index (χ1v) is 9.61. The second kappa shape index (κ2) is 8.78. The number of hydrogen-bond donors (Lipinski definition) is 1. The highest BCUT2D eigenvalue weighted by Crippen LogP contribution is 2.34. The third-order valence-corrected chi connectivity index (χ3v) is 5.66. The Bertz CT molecular complexity index is 633. The minimum atomic E-state index is 0.0697. The molecule has 0 aliphatic carbocycles. The quantitative estimate of drug-likeness (QED) is 0.908. The predicted octanol–water partition coefficient (Wildman–Crippen LogP) is 4.12. The molecular weight excluding hydrogens is 316 g/mol. The van der Waals surface area contributed by atoms with E-state index in [4.69, 9.17) is 0 Å². The van der Waals surface area contributed by atoms with Crippen LogP contribution in [0.1, 0.15) is 22.8 Å². The molecule has 2 aromatic rings. The van der Waals surface area contributed by atoms with Gasteiger partial charge in [0, 0.05) is 30.6 Å². The van der Waals surface area contributed by atoms with Crippen LogP contribution in [-0.2, 0) is 6.42 Å². The lowest BCUT2D eigenvalue weighted by Gasteiger charge is -2.21. The average molecular weight is 340 g/mol. The van der Waals surface area contributed by atoms with Crippen LogP contribution in [0.3, 0.4) is 0 Å². The number of thioether (sulfide) groups is 1. The van der Waals surface area contributed by atoms with E-state index in [9.17, 15) is 4.79 Å². The first-order valence-electron chi connectivity index (χ1n) is 8.56. The number of nitrogens with zero attached hydrogens (tertiary/aromatic N) is 1. The molecule has 3 rings (SSSR count). The Balaban J connectivity index is 1.46. The second-order valence-corrected chi connectivity index (χ2v) is 7.32. The SMILES string of the molecule is O=C(NCCc1ccccc1)N1CCSC(c2ccccc2)CC1. The van der Waals surface area contributed by atoms with E-state index < -0.39 is 0 Å². The zero-order valence-electron chi connectivity index (χ0n) is 13.9. The summed E-state index contributed by atoms with van der Waals surface area (Å²) in [7, 11) is 0. The van der Waals surface area contributed by atoms with Crippen LogP contribution in [0.4, 0.5) is 4.79 Å². The van der Waals surface area contributed by atoms with Gasteiger partial charge in [-0.15, -0.1) is 0 Å². The Morgan fingerprint density at radius 2 is 1.75 bits per heavy atom. The number of benzene rings is 2. The van der Waals surface area contributed by atoms with Gasteiger partial charge in [0.25, 0.3) is 0 Å². The lowest BCUT2D eigenvalue weighted by Crippen LogP contribution is -2.41. The Kier molecular flexibility index (Phi) is 6.19. The van der Waals surface area contributed by atoms with Gasteiger partial charge in [0.1, 0.15) is 0 Å². The number of urea groups is 1. The average Bonchev–Trinajstić information content (AvgIpc) is 2.89. The van der Waals surface area contributed by atoms with Gasteiger partial charge in [-0.1, -0.05) is 60.7 Å². The molecule has 1 unspecified atom stereocenters. The van der Waals surface area contributed by atoms with Gasteiger partial charge in [-0.2, -0.15) is 11.8 Å². The maximum atomic E-state index is 12.4. The molecule has 0 radical (unpaired) electrons. The van der Waals surface area contributed by atoms with Crippen molar-refractivity contribution in [3.05, 3.63) is 71.8 Å². The zero-order valence-corrected chi connectivity index (χ0v) is 14.7. The number of carbonyl (C=O) groups excluding carboxylic acids is 1. The van der Waals surface area contributed by atoms with Gasteiger partial charge < -0.3 is 10.2 Å². The summed E-state index contributed by atoms with van der Waals surface area (Å²) < 4.78 is 0. The molecule has 1 fully saturated rings. The first-order chi connectivity index (χ1) is 11.8. The number of nitrogens with one attached hydrogen (secondary N) is 1. The lowest BCUT2D eigenvalue weighted by molar-refractivity contribution is 0.201. The summed E-state index contributed by atoms with van der Waals surface area (Å²) in [6, 6.07) is 21.0. The molecule has 24 heavy (non-hydrogen) atoms. The van der Waals surface area contributed by atoms with Crippen LogP contribution in [0.25, 0.3) is 0 Å². The minimum Gasteiger partial charge on any atom is -0.338 e. The monoisotopic (exact) mass is 340 g/mol. The number of carbonyl (C=O) groups is 1. The van der Waals surface area contributed by atoms with Crippen molar-refractivity contribution >= 4 is 17.8 Å². The molecule has 1 N–H and O–H groups in total. The van der Waals surface area contributed by atoms with Crippen LogP contribution in [0.15, 0.2) is 60.7 Å². The van der Waals surface area contributed by atoms with Crippen molar-refractivity contribution in [3.8, 4) is 0 Å². The van der Waals surface area contributed by atoms with Crippen molar-refractivity contribution in [2.24, 2.45) is 0 Å². The molecule has 1 heterocycles. The van der Waals surface area contributed by atoms with E-state index in [0.717, 1.165) is 31.7 Å².